The maximum atomic E-state index is 9.71. The van der Waals surface area contributed by atoms with Gasteiger partial charge in [-0.15, -0.1) is 0 Å². The molecule has 0 amide bonds. The van der Waals surface area contributed by atoms with Crippen molar-refractivity contribution >= 4 is 11.3 Å². The third-order valence-corrected chi connectivity index (χ3v) is 5.48. The van der Waals surface area contributed by atoms with Gasteiger partial charge in [0.15, 0.2) is 0 Å². The maximum Gasteiger partial charge on any atom is 0.137 e. The van der Waals surface area contributed by atoms with E-state index in [1.54, 1.807) is 0 Å². The number of imidazole rings is 1. The van der Waals surface area contributed by atoms with Crippen LogP contribution in [0, 0.1) is 0 Å². The van der Waals surface area contributed by atoms with Crippen LogP contribution in [0.15, 0.2) is 67.4 Å². The van der Waals surface area contributed by atoms with Gasteiger partial charge in [0.05, 0.1) is 23.7 Å². The Hall–Kier alpha value is -3.12. The molecule has 0 atom stereocenters. The predicted octanol–water partition coefficient (Wildman–Crippen LogP) is 3.90. The fourth-order valence-electron chi connectivity index (χ4n) is 3.94. The molecule has 2 N–H and O–H groups in total. The molecular formula is C22H23N5O. The molecule has 1 fully saturated rings. The van der Waals surface area contributed by atoms with Crippen LogP contribution in [0.1, 0.15) is 25.7 Å². The number of anilines is 1. The van der Waals surface area contributed by atoms with Crippen LogP contribution < -0.4 is 5.32 Å². The zero-order chi connectivity index (χ0) is 18.9. The van der Waals surface area contributed by atoms with E-state index in [1.807, 2.05) is 53.6 Å². The van der Waals surface area contributed by atoms with E-state index in [4.69, 9.17) is 0 Å². The number of rotatable bonds is 4. The van der Waals surface area contributed by atoms with Gasteiger partial charge >= 0.3 is 0 Å². The average Bonchev–Trinajstić information content (AvgIpc) is 3.40. The van der Waals surface area contributed by atoms with E-state index >= 15 is 0 Å². The van der Waals surface area contributed by atoms with Gasteiger partial charge in [-0.1, -0.05) is 0 Å². The van der Waals surface area contributed by atoms with E-state index in [1.165, 1.54) is 0 Å². The second-order valence-corrected chi connectivity index (χ2v) is 7.43. The highest BCUT2D eigenvalue weighted by molar-refractivity contribution is 5.66. The number of aliphatic hydroxyl groups excluding tert-OH is 1. The van der Waals surface area contributed by atoms with Gasteiger partial charge in [0, 0.05) is 36.4 Å². The Balaban J connectivity index is 1.46. The molecule has 4 heterocycles. The lowest BCUT2D eigenvalue weighted by molar-refractivity contribution is 0.126. The fraction of sp³-hybridized carbons (Fsp3) is 0.273. The lowest BCUT2D eigenvalue weighted by Crippen LogP contribution is -2.28. The van der Waals surface area contributed by atoms with Gasteiger partial charge in [0.25, 0.3) is 0 Å². The summed E-state index contributed by atoms with van der Waals surface area (Å²) >= 11 is 0. The van der Waals surface area contributed by atoms with Crippen LogP contribution in [0.25, 0.3) is 22.7 Å². The number of fused-ring (bicyclic) bond motifs is 1. The number of nitrogens with zero attached hydrogens (tertiary/aromatic N) is 4. The van der Waals surface area contributed by atoms with Crippen molar-refractivity contribution in [1.82, 2.24) is 18.9 Å². The number of aromatic nitrogens is 4. The van der Waals surface area contributed by atoms with Crippen LogP contribution in [0.3, 0.4) is 0 Å². The van der Waals surface area contributed by atoms with Crippen LogP contribution in [0.4, 0.5) is 5.69 Å². The Labute approximate surface area is 163 Å². The lowest BCUT2D eigenvalue weighted by atomic mass is 9.93. The first kappa shape index (κ1) is 17.0. The van der Waals surface area contributed by atoms with Crippen molar-refractivity contribution in [2.45, 2.75) is 37.8 Å². The first-order chi connectivity index (χ1) is 13.8. The second kappa shape index (κ2) is 7.13. The van der Waals surface area contributed by atoms with Crippen LogP contribution in [0.2, 0.25) is 0 Å². The maximum absolute atomic E-state index is 9.71. The average molecular weight is 373 g/mol. The highest BCUT2D eigenvalue weighted by Gasteiger charge is 2.19. The van der Waals surface area contributed by atoms with E-state index in [0.29, 0.717) is 6.04 Å². The van der Waals surface area contributed by atoms with Crippen LogP contribution in [-0.2, 0) is 0 Å². The minimum Gasteiger partial charge on any atom is -0.393 e. The number of hydrogen-bond acceptors (Lipinski definition) is 4. The van der Waals surface area contributed by atoms with Gasteiger partial charge < -0.3 is 15.0 Å². The van der Waals surface area contributed by atoms with E-state index in [0.717, 1.165) is 54.1 Å². The zero-order valence-corrected chi connectivity index (χ0v) is 15.6. The molecule has 4 aromatic rings. The smallest absolute Gasteiger partial charge is 0.137 e. The van der Waals surface area contributed by atoms with E-state index in [-0.39, 0.29) is 6.10 Å². The Morgan fingerprint density at radius 1 is 1.00 bits per heavy atom. The summed E-state index contributed by atoms with van der Waals surface area (Å²) in [6.45, 7) is 0. The molecule has 142 valence electrons. The number of pyridine rings is 2. The molecule has 0 aliphatic heterocycles. The van der Waals surface area contributed by atoms with Crippen molar-refractivity contribution in [3.05, 3.63) is 67.4 Å². The molecule has 4 aromatic heterocycles. The predicted molar refractivity (Wildman–Crippen MR) is 110 cm³/mol. The van der Waals surface area contributed by atoms with E-state index < -0.39 is 0 Å². The van der Waals surface area contributed by atoms with E-state index in [2.05, 4.69) is 38.0 Å². The van der Waals surface area contributed by atoms with Crippen molar-refractivity contribution in [3.8, 4) is 17.1 Å². The Bertz CT molecular complexity index is 1080. The topological polar surface area (TPSA) is 67.4 Å². The second-order valence-electron chi connectivity index (χ2n) is 7.43. The van der Waals surface area contributed by atoms with Gasteiger partial charge in [-0.3, -0.25) is 4.40 Å². The quantitative estimate of drug-likeness (QED) is 0.569. The largest absolute Gasteiger partial charge is 0.393 e. The first-order valence-corrected chi connectivity index (χ1v) is 9.78. The zero-order valence-electron chi connectivity index (χ0n) is 15.6. The molecule has 0 spiro atoms. The van der Waals surface area contributed by atoms with Crippen LogP contribution in [0.5, 0.6) is 0 Å². The molecule has 1 saturated carbocycles. The van der Waals surface area contributed by atoms with E-state index in [9.17, 15) is 5.11 Å². The molecule has 0 radical (unpaired) electrons. The SMILES string of the molecule is OC1CCC(Nc2ccc3ncc(-c4ccnc(-n5cccc5)c4)n3c2)CC1. The van der Waals surface area contributed by atoms with Gasteiger partial charge in [0.1, 0.15) is 11.5 Å². The van der Waals surface area contributed by atoms with Crippen molar-refractivity contribution in [1.29, 1.82) is 0 Å². The minimum atomic E-state index is -0.137. The summed E-state index contributed by atoms with van der Waals surface area (Å²) in [6, 6.07) is 12.6. The summed E-state index contributed by atoms with van der Waals surface area (Å²) in [5.41, 5.74) is 4.10. The summed E-state index contributed by atoms with van der Waals surface area (Å²) < 4.78 is 4.12. The molecule has 1 aliphatic carbocycles. The highest BCUT2D eigenvalue weighted by atomic mass is 16.3. The summed E-state index contributed by atoms with van der Waals surface area (Å²) in [4.78, 5) is 9.03. The summed E-state index contributed by atoms with van der Waals surface area (Å²) in [5, 5.41) is 13.3. The normalized spacial score (nSPS) is 19.8. The Kier molecular flexibility index (Phi) is 4.33. The molecule has 0 bridgehead atoms. The monoisotopic (exact) mass is 373 g/mol. The Morgan fingerprint density at radius 2 is 1.82 bits per heavy atom. The third kappa shape index (κ3) is 3.27. The fourth-order valence-corrected chi connectivity index (χ4v) is 3.94. The van der Waals surface area contributed by atoms with Gasteiger partial charge in [-0.2, -0.15) is 0 Å². The molecule has 28 heavy (non-hydrogen) atoms. The first-order valence-electron chi connectivity index (χ1n) is 9.78. The molecule has 1 aliphatic rings. The molecule has 0 unspecified atom stereocenters. The van der Waals surface area contributed by atoms with Crippen molar-refractivity contribution < 1.29 is 5.11 Å². The van der Waals surface area contributed by atoms with Crippen molar-refractivity contribution in [2.24, 2.45) is 0 Å². The standard InChI is InChI=1S/C22H23N5O/c28-19-6-3-17(4-7-19)25-18-5-8-21-24-14-20(27(21)15-18)16-9-10-23-22(13-16)26-11-1-2-12-26/h1-2,5,8-15,17,19,25,28H,3-4,6-7H2. The minimum absolute atomic E-state index is 0.137. The van der Waals surface area contributed by atoms with Gasteiger partial charge in [0.2, 0.25) is 0 Å². The molecular weight excluding hydrogens is 350 g/mol. The molecule has 5 rings (SSSR count). The molecule has 0 saturated heterocycles. The van der Waals surface area contributed by atoms with Crippen molar-refractivity contribution in [2.75, 3.05) is 5.32 Å². The van der Waals surface area contributed by atoms with Crippen LogP contribution >= 0.6 is 0 Å². The van der Waals surface area contributed by atoms with Gasteiger partial charge in [-0.25, -0.2) is 9.97 Å². The summed E-state index contributed by atoms with van der Waals surface area (Å²) in [5.74, 6) is 0.882. The molecule has 6 heteroatoms. The number of hydrogen-bond donors (Lipinski definition) is 2. The number of aliphatic hydroxyl groups is 1. The molecule has 6 nitrogen and oxygen atoms in total. The summed E-state index contributed by atoms with van der Waals surface area (Å²) in [7, 11) is 0. The summed E-state index contributed by atoms with van der Waals surface area (Å²) in [6.07, 6.45) is 13.4. The third-order valence-electron chi connectivity index (χ3n) is 5.48. The highest BCUT2D eigenvalue weighted by Crippen LogP contribution is 2.26. The molecule has 0 aromatic carbocycles. The number of nitrogens with one attached hydrogen (secondary N) is 1. The Morgan fingerprint density at radius 3 is 2.64 bits per heavy atom. The lowest BCUT2D eigenvalue weighted by Gasteiger charge is -2.27. The van der Waals surface area contributed by atoms with Gasteiger partial charge in [-0.05, 0) is 62.1 Å². The van der Waals surface area contributed by atoms with Crippen molar-refractivity contribution in [3.63, 3.8) is 0 Å². The van der Waals surface area contributed by atoms with Crippen LogP contribution in [-0.4, -0.2) is 36.2 Å².